The highest BCUT2D eigenvalue weighted by Gasteiger charge is 2.11. The molecule has 3 heteroatoms. The zero-order valence-corrected chi connectivity index (χ0v) is 11.4. The molecule has 1 aromatic carbocycles. The molecule has 0 fully saturated rings. The lowest BCUT2D eigenvalue weighted by molar-refractivity contribution is 0.101. The fraction of sp³-hybridized carbons (Fsp3) is 0.417. The highest BCUT2D eigenvalue weighted by Crippen LogP contribution is 2.26. The number of carbonyl (C=O) groups excluding carboxylic acids is 1. The molecule has 0 saturated heterocycles. The molecule has 0 aliphatic heterocycles. The van der Waals surface area contributed by atoms with Gasteiger partial charge in [-0.3, -0.25) is 4.79 Å². The van der Waals surface area contributed by atoms with Crippen LogP contribution in [0.1, 0.15) is 36.7 Å². The second kappa shape index (κ2) is 5.49. The van der Waals surface area contributed by atoms with Crippen LogP contribution in [0.25, 0.3) is 0 Å². The van der Waals surface area contributed by atoms with E-state index in [2.05, 4.69) is 29.5 Å². The second-order valence-corrected chi connectivity index (χ2v) is 4.44. The van der Waals surface area contributed by atoms with E-state index in [-0.39, 0.29) is 5.78 Å². The van der Waals surface area contributed by atoms with Gasteiger partial charge in [-0.25, -0.2) is 0 Å². The Morgan fingerprint density at radius 1 is 1.40 bits per heavy atom. The Morgan fingerprint density at radius 2 is 2.07 bits per heavy atom. The first kappa shape index (κ1) is 12.5. The van der Waals surface area contributed by atoms with E-state index in [1.165, 1.54) is 0 Å². The summed E-state index contributed by atoms with van der Waals surface area (Å²) in [7, 11) is 0. The summed E-state index contributed by atoms with van der Waals surface area (Å²) in [5.41, 5.74) is 1.87. The molecule has 82 valence electrons. The fourth-order valence-electron chi connectivity index (χ4n) is 1.48. The Hall–Kier alpha value is -0.580. The highest BCUT2D eigenvalue weighted by molar-refractivity contribution is 14.1. The van der Waals surface area contributed by atoms with Gasteiger partial charge in [0.25, 0.3) is 0 Å². The third-order valence-electron chi connectivity index (χ3n) is 2.22. The topological polar surface area (TPSA) is 26.3 Å². The molecule has 15 heavy (non-hydrogen) atoms. The van der Waals surface area contributed by atoms with Gasteiger partial charge in [0.2, 0.25) is 0 Å². The number of rotatable bonds is 4. The average molecular weight is 318 g/mol. The zero-order valence-electron chi connectivity index (χ0n) is 9.26. The summed E-state index contributed by atoms with van der Waals surface area (Å²) in [5.74, 6) is 0.907. The monoisotopic (exact) mass is 318 g/mol. The molecule has 0 amide bonds. The van der Waals surface area contributed by atoms with Gasteiger partial charge >= 0.3 is 0 Å². The van der Waals surface area contributed by atoms with Gasteiger partial charge < -0.3 is 4.74 Å². The van der Waals surface area contributed by atoms with Crippen molar-refractivity contribution in [3.63, 3.8) is 0 Å². The lowest BCUT2D eigenvalue weighted by Gasteiger charge is -2.11. The maximum absolute atomic E-state index is 11.4. The molecule has 1 rings (SSSR count). The molecule has 2 nitrogen and oxygen atoms in total. The standard InChI is InChI=1S/C12H15IO2/c1-4-9-6-11(13)12(15-5-2)7-10(9)8(3)14/h6-7H,4-5H2,1-3H3. The first-order valence-corrected chi connectivity index (χ1v) is 6.14. The summed E-state index contributed by atoms with van der Waals surface area (Å²) in [6.07, 6.45) is 0.872. The van der Waals surface area contributed by atoms with Crippen LogP contribution in [0.3, 0.4) is 0 Å². The van der Waals surface area contributed by atoms with E-state index in [1.54, 1.807) is 6.92 Å². The van der Waals surface area contributed by atoms with E-state index in [4.69, 9.17) is 4.74 Å². The van der Waals surface area contributed by atoms with Crippen LogP contribution in [0, 0.1) is 3.57 Å². The molecular weight excluding hydrogens is 303 g/mol. The highest BCUT2D eigenvalue weighted by atomic mass is 127. The van der Waals surface area contributed by atoms with Crippen molar-refractivity contribution in [1.82, 2.24) is 0 Å². The predicted molar refractivity (Wildman–Crippen MR) is 69.7 cm³/mol. The third-order valence-corrected chi connectivity index (χ3v) is 3.06. The first-order valence-electron chi connectivity index (χ1n) is 5.06. The molecule has 0 aromatic heterocycles. The molecule has 0 N–H and O–H groups in total. The van der Waals surface area contributed by atoms with Crippen molar-refractivity contribution in [3.8, 4) is 5.75 Å². The summed E-state index contributed by atoms with van der Waals surface area (Å²) in [4.78, 5) is 11.4. The van der Waals surface area contributed by atoms with Crippen molar-refractivity contribution in [1.29, 1.82) is 0 Å². The molecule has 0 radical (unpaired) electrons. The van der Waals surface area contributed by atoms with Gasteiger partial charge in [0.15, 0.2) is 5.78 Å². The molecule has 0 bridgehead atoms. The summed E-state index contributed by atoms with van der Waals surface area (Å²) >= 11 is 2.24. The summed E-state index contributed by atoms with van der Waals surface area (Å²) in [5, 5.41) is 0. The van der Waals surface area contributed by atoms with Crippen molar-refractivity contribution < 1.29 is 9.53 Å². The SMILES string of the molecule is CCOc1cc(C(C)=O)c(CC)cc1I. The van der Waals surface area contributed by atoms with Crippen LogP contribution in [-0.2, 0) is 6.42 Å². The maximum atomic E-state index is 11.4. The first-order chi connectivity index (χ1) is 7.10. The lowest BCUT2D eigenvalue weighted by Crippen LogP contribution is -2.02. The van der Waals surface area contributed by atoms with E-state index in [0.29, 0.717) is 6.61 Å². The minimum atomic E-state index is 0.101. The number of Topliss-reactive ketones (excluding diaryl/α,β-unsaturated/α-hetero) is 1. The van der Waals surface area contributed by atoms with E-state index >= 15 is 0 Å². The van der Waals surface area contributed by atoms with Gasteiger partial charge in [-0.15, -0.1) is 0 Å². The van der Waals surface area contributed by atoms with Crippen molar-refractivity contribution in [2.45, 2.75) is 27.2 Å². The average Bonchev–Trinajstić information content (AvgIpc) is 2.20. The quantitative estimate of drug-likeness (QED) is 0.628. The summed E-state index contributed by atoms with van der Waals surface area (Å²) < 4.78 is 6.53. The van der Waals surface area contributed by atoms with Gasteiger partial charge in [-0.2, -0.15) is 0 Å². The second-order valence-electron chi connectivity index (χ2n) is 3.28. The fourth-order valence-corrected chi connectivity index (χ4v) is 2.17. The molecule has 0 unspecified atom stereocenters. The van der Waals surface area contributed by atoms with Crippen LogP contribution < -0.4 is 4.74 Å². The normalized spacial score (nSPS) is 10.1. The largest absolute Gasteiger partial charge is 0.493 e. The zero-order chi connectivity index (χ0) is 11.4. The molecule has 0 atom stereocenters. The van der Waals surface area contributed by atoms with Crippen LogP contribution in [0.15, 0.2) is 12.1 Å². The van der Waals surface area contributed by atoms with Gasteiger partial charge in [0.05, 0.1) is 10.2 Å². The van der Waals surface area contributed by atoms with E-state index in [9.17, 15) is 4.79 Å². The Labute approximate surface area is 104 Å². The number of ketones is 1. The molecule has 0 saturated carbocycles. The molecule has 0 heterocycles. The minimum absolute atomic E-state index is 0.101. The number of ether oxygens (including phenoxy) is 1. The molecular formula is C12H15IO2. The van der Waals surface area contributed by atoms with Crippen molar-refractivity contribution in [3.05, 3.63) is 26.8 Å². The van der Waals surface area contributed by atoms with Crippen LogP contribution in [0.2, 0.25) is 0 Å². The van der Waals surface area contributed by atoms with E-state index < -0.39 is 0 Å². The van der Waals surface area contributed by atoms with Gasteiger partial charge in [0, 0.05) is 5.56 Å². The number of halogens is 1. The number of hydrogen-bond donors (Lipinski definition) is 0. The third kappa shape index (κ3) is 2.93. The Bertz CT molecular complexity index is 372. The van der Waals surface area contributed by atoms with Crippen molar-refractivity contribution in [2.75, 3.05) is 6.61 Å². The van der Waals surface area contributed by atoms with Crippen molar-refractivity contribution in [2.24, 2.45) is 0 Å². The lowest BCUT2D eigenvalue weighted by atomic mass is 10.0. The number of hydrogen-bond acceptors (Lipinski definition) is 2. The van der Waals surface area contributed by atoms with Crippen LogP contribution in [0.5, 0.6) is 5.75 Å². The Morgan fingerprint density at radius 3 is 2.53 bits per heavy atom. The van der Waals surface area contributed by atoms with Gasteiger partial charge in [-0.1, -0.05) is 6.92 Å². The molecule has 1 aromatic rings. The minimum Gasteiger partial charge on any atom is -0.493 e. The van der Waals surface area contributed by atoms with Gasteiger partial charge in [0.1, 0.15) is 5.75 Å². The predicted octanol–water partition coefficient (Wildman–Crippen LogP) is 3.45. The van der Waals surface area contributed by atoms with Crippen molar-refractivity contribution >= 4 is 28.4 Å². The van der Waals surface area contributed by atoms with E-state index in [1.807, 2.05) is 19.1 Å². The molecule has 0 spiro atoms. The molecule has 0 aliphatic rings. The number of carbonyl (C=O) groups is 1. The van der Waals surface area contributed by atoms with Crippen LogP contribution in [0.4, 0.5) is 0 Å². The Kier molecular flexibility index (Phi) is 4.57. The number of aryl methyl sites for hydroxylation is 1. The van der Waals surface area contributed by atoms with Crippen LogP contribution >= 0.6 is 22.6 Å². The number of benzene rings is 1. The Balaban J connectivity index is 3.23. The van der Waals surface area contributed by atoms with Crippen LogP contribution in [-0.4, -0.2) is 12.4 Å². The maximum Gasteiger partial charge on any atom is 0.160 e. The molecule has 0 aliphatic carbocycles. The van der Waals surface area contributed by atoms with E-state index in [0.717, 1.165) is 26.9 Å². The van der Waals surface area contributed by atoms with Gasteiger partial charge in [-0.05, 0) is 60.6 Å². The summed E-state index contributed by atoms with van der Waals surface area (Å²) in [6, 6.07) is 3.88. The smallest absolute Gasteiger partial charge is 0.160 e. The summed E-state index contributed by atoms with van der Waals surface area (Å²) in [6.45, 7) is 6.21.